The number of benzene rings is 1. The summed E-state index contributed by atoms with van der Waals surface area (Å²) in [7, 11) is 1.81. The molecule has 0 spiro atoms. The van der Waals surface area contributed by atoms with Gasteiger partial charge in [0.15, 0.2) is 0 Å². The van der Waals surface area contributed by atoms with Crippen molar-refractivity contribution in [3.05, 3.63) is 29.4 Å². The highest BCUT2D eigenvalue weighted by Crippen LogP contribution is 2.34. The molecular weight excluding hydrogens is 274 g/mol. The Balaban J connectivity index is 2.39. The maximum Gasteiger partial charge on any atom is 0.146 e. The van der Waals surface area contributed by atoms with Crippen LogP contribution in [0.15, 0.2) is 24.4 Å². The van der Waals surface area contributed by atoms with Crippen LogP contribution in [0.1, 0.15) is 19.9 Å². The minimum absolute atomic E-state index is 0.217. The van der Waals surface area contributed by atoms with Crippen LogP contribution in [0.3, 0.4) is 0 Å². The van der Waals surface area contributed by atoms with E-state index in [4.69, 9.17) is 17.3 Å². The number of anilines is 1. The van der Waals surface area contributed by atoms with E-state index in [1.54, 1.807) is 10.9 Å². The van der Waals surface area contributed by atoms with Crippen molar-refractivity contribution in [3.8, 4) is 11.4 Å². The van der Waals surface area contributed by atoms with Crippen LogP contribution in [-0.2, 0) is 7.05 Å². The fourth-order valence-corrected chi connectivity index (χ4v) is 2.68. The standard InChI is InChI=1S/C14H16ClN5/c1-8(2)20-12-10(15)5-4-6-11(12)18-14(20)9-7-17-19(3)13(9)16/h4-8H,16H2,1-3H3. The molecule has 20 heavy (non-hydrogen) atoms. The van der Waals surface area contributed by atoms with Crippen molar-refractivity contribution in [1.82, 2.24) is 19.3 Å². The van der Waals surface area contributed by atoms with Crippen LogP contribution in [-0.4, -0.2) is 19.3 Å². The van der Waals surface area contributed by atoms with E-state index in [1.165, 1.54) is 0 Å². The Morgan fingerprint density at radius 2 is 2.05 bits per heavy atom. The number of nitrogen functional groups attached to an aromatic ring is 1. The van der Waals surface area contributed by atoms with Crippen molar-refractivity contribution >= 4 is 28.5 Å². The number of aromatic nitrogens is 4. The van der Waals surface area contributed by atoms with Crippen LogP contribution < -0.4 is 5.73 Å². The maximum absolute atomic E-state index is 6.34. The average molecular weight is 290 g/mol. The third-order valence-corrected chi connectivity index (χ3v) is 3.71. The van der Waals surface area contributed by atoms with Gasteiger partial charge in [-0.1, -0.05) is 17.7 Å². The van der Waals surface area contributed by atoms with Crippen molar-refractivity contribution in [2.75, 3.05) is 5.73 Å². The Morgan fingerprint density at radius 3 is 2.65 bits per heavy atom. The first-order chi connectivity index (χ1) is 9.50. The van der Waals surface area contributed by atoms with Crippen LogP contribution in [0, 0.1) is 0 Å². The van der Waals surface area contributed by atoms with Gasteiger partial charge in [0.2, 0.25) is 0 Å². The lowest BCUT2D eigenvalue weighted by molar-refractivity contribution is 0.624. The molecule has 3 aromatic rings. The molecule has 0 aliphatic heterocycles. The number of imidazole rings is 1. The number of rotatable bonds is 2. The van der Waals surface area contributed by atoms with E-state index in [0.717, 1.165) is 22.4 Å². The Morgan fingerprint density at radius 1 is 1.30 bits per heavy atom. The van der Waals surface area contributed by atoms with Crippen molar-refractivity contribution in [3.63, 3.8) is 0 Å². The minimum atomic E-state index is 0.217. The minimum Gasteiger partial charge on any atom is -0.383 e. The quantitative estimate of drug-likeness (QED) is 0.788. The van der Waals surface area contributed by atoms with E-state index in [0.29, 0.717) is 10.8 Å². The lowest BCUT2D eigenvalue weighted by Gasteiger charge is -2.13. The lowest BCUT2D eigenvalue weighted by atomic mass is 10.2. The molecule has 0 unspecified atom stereocenters. The second-order valence-electron chi connectivity index (χ2n) is 5.07. The van der Waals surface area contributed by atoms with Gasteiger partial charge < -0.3 is 10.3 Å². The molecule has 2 heterocycles. The molecule has 0 atom stereocenters. The van der Waals surface area contributed by atoms with Gasteiger partial charge in [0.25, 0.3) is 0 Å². The van der Waals surface area contributed by atoms with Gasteiger partial charge in [0, 0.05) is 13.1 Å². The molecular formula is C14H16ClN5. The van der Waals surface area contributed by atoms with Crippen LogP contribution in [0.4, 0.5) is 5.82 Å². The Hall–Kier alpha value is -2.01. The van der Waals surface area contributed by atoms with Crippen molar-refractivity contribution in [1.29, 1.82) is 0 Å². The van der Waals surface area contributed by atoms with Crippen molar-refractivity contribution < 1.29 is 0 Å². The van der Waals surface area contributed by atoms with Crippen LogP contribution in [0.25, 0.3) is 22.4 Å². The zero-order valence-electron chi connectivity index (χ0n) is 11.6. The first-order valence-corrected chi connectivity index (χ1v) is 6.82. The Labute approximate surface area is 122 Å². The first-order valence-electron chi connectivity index (χ1n) is 6.45. The monoisotopic (exact) mass is 289 g/mol. The highest BCUT2D eigenvalue weighted by molar-refractivity contribution is 6.35. The van der Waals surface area contributed by atoms with E-state index >= 15 is 0 Å². The van der Waals surface area contributed by atoms with Crippen LogP contribution >= 0.6 is 11.6 Å². The normalized spacial score (nSPS) is 11.7. The van der Waals surface area contributed by atoms with Gasteiger partial charge in [-0.3, -0.25) is 4.68 Å². The number of nitrogens with two attached hydrogens (primary N) is 1. The summed E-state index contributed by atoms with van der Waals surface area (Å²) in [6.45, 7) is 4.20. The number of halogens is 1. The zero-order valence-corrected chi connectivity index (χ0v) is 12.4. The van der Waals surface area contributed by atoms with E-state index < -0.39 is 0 Å². The molecule has 0 aliphatic carbocycles. The van der Waals surface area contributed by atoms with Crippen molar-refractivity contribution in [2.45, 2.75) is 19.9 Å². The first kappa shape index (κ1) is 13.0. The van der Waals surface area contributed by atoms with E-state index in [2.05, 4.69) is 28.5 Å². The van der Waals surface area contributed by atoms with Gasteiger partial charge in [-0.25, -0.2) is 4.98 Å². The predicted octanol–water partition coefficient (Wildman–Crippen LogP) is 3.25. The van der Waals surface area contributed by atoms with Gasteiger partial charge in [0.05, 0.1) is 27.8 Å². The average Bonchev–Trinajstić information content (AvgIpc) is 2.92. The smallest absolute Gasteiger partial charge is 0.146 e. The molecule has 0 saturated heterocycles. The number of hydrogen-bond acceptors (Lipinski definition) is 3. The van der Waals surface area contributed by atoms with Gasteiger partial charge >= 0.3 is 0 Å². The molecule has 0 aliphatic rings. The van der Waals surface area contributed by atoms with E-state index in [9.17, 15) is 0 Å². The molecule has 2 N–H and O–H groups in total. The molecule has 0 saturated carbocycles. The van der Waals surface area contributed by atoms with Crippen molar-refractivity contribution in [2.24, 2.45) is 7.05 Å². The molecule has 0 fully saturated rings. The second kappa shape index (κ2) is 4.52. The summed E-state index contributed by atoms with van der Waals surface area (Å²) in [6.07, 6.45) is 1.74. The molecule has 104 valence electrons. The fourth-order valence-electron chi connectivity index (χ4n) is 2.42. The molecule has 0 radical (unpaired) electrons. The third-order valence-electron chi connectivity index (χ3n) is 3.40. The summed E-state index contributed by atoms with van der Waals surface area (Å²) in [5.74, 6) is 1.40. The summed E-state index contributed by atoms with van der Waals surface area (Å²) < 4.78 is 3.74. The topological polar surface area (TPSA) is 61.7 Å². The summed E-state index contributed by atoms with van der Waals surface area (Å²) in [6, 6.07) is 5.95. The molecule has 0 amide bonds. The number of fused-ring (bicyclic) bond motifs is 1. The van der Waals surface area contributed by atoms with Gasteiger partial charge in [0.1, 0.15) is 11.6 Å². The number of nitrogens with zero attached hydrogens (tertiary/aromatic N) is 4. The Bertz CT molecular complexity index is 784. The largest absolute Gasteiger partial charge is 0.383 e. The zero-order chi connectivity index (χ0) is 14.4. The Kier molecular flexibility index (Phi) is 2.94. The summed E-state index contributed by atoms with van der Waals surface area (Å²) in [5, 5.41) is 4.88. The third kappa shape index (κ3) is 1.78. The summed E-state index contributed by atoms with van der Waals surface area (Å²) in [5.41, 5.74) is 8.70. The maximum atomic E-state index is 6.34. The van der Waals surface area contributed by atoms with Gasteiger partial charge in [-0.2, -0.15) is 5.10 Å². The van der Waals surface area contributed by atoms with Crippen LogP contribution in [0.2, 0.25) is 5.02 Å². The molecule has 5 nitrogen and oxygen atoms in total. The number of para-hydroxylation sites is 1. The highest BCUT2D eigenvalue weighted by atomic mass is 35.5. The van der Waals surface area contributed by atoms with E-state index in [-0.39, 0.29) is 6.04 Å². The second-order valence-corrected chi connectivity index (χ2v) is 5.48. The molecule has 6 heteroatoms. The van der Waals surface area contributed by atoms with Gasteiger partial charge in [-0.05, 0) is 26.0 Å². The molecule has 2 aromatic heterocycles. The number of aryl methyl sites for hydroxylation is 1. The molecule has 3 rings (SSSR count). The summed E-state index contributed by atoms with van der Waals surface area (Å²) in [4.78, 5) is 4.68. The highest BCUT2D eigenvalue weighted by Gasteiger charge is 2.20. The SMILES string of the molecule is CC(C)n1c(-c2cnn(C)c2N)nc2cccc(Cl)c21. The predicted molar refractivity (Wildman–Crippen MR) is 81.7 cm³/mol. The van der Waals surface area contributed by atoms with E-state index in [1.807, 2.05) is 25.2 Å². The molecule has 0 bridgehead atoms. The lowest BCUT2D eigenvalue weighted by Crippen LogP contribution is -2.05. The fraction of sp³-hybridized carbons (Fsp3) is 0.286. The number of hydrogen-bond donors (Lipinski definition) is 1. The van der Waals surface area contributed by atoms with Gasteiger partial charge in [-0.15, -0.1) is 0 Å². The van der Waals surface area contributed by atoms with Crippen LogP contribution in [0.5, 0.6) is 0 Å². The summed E-state index contributed by atoms with van der Waals surface area (Å²) >= 11 is 6.34. The molecule has 1 aromatic carbocycles.